The fourth-order valence-electron chi connectivity index (χ4n) is 2.41. The Morgan fingerprint density at radius 3 is 2.94 bits per heavy atom. The number of hydrogen-bond acceptors (Lipinski definition) is 4. The SMILES string of the molecule is CCC1CN(Cc2cccc(N)n2)CCN1C. The predicted molar refractivity (Wildman–Crippen MR) is 70.6 cm³/mol. The maximum absolute atomic E-state index is 5.70. The van der Waals surface area contributed by atoms with Gasteiger partial charge in [-0.05, 0) is 25.6 Å². The largest absolute Gasteiger partial charge is 0.384 e. The molecule has 1 aromatic rings. The van der Waals surface area contributed by atoms with E-state index in [0.717, 1.165) is 31.9 Å². The molecule has 4 heteroatoms. The Morgan fingerprint density at radius 1 is 1.41 bits per heavy atom. The van der Waals surface area contributed by atoms with Crippen LogP contribution in [0.15, 0.2) is 18.2 Å². The van der Waals surface area contributed by atoms with Gasteiger partial charge in [0.05, 0.1) is 5.69 Å². The van der Waals surface area contributed by atoms with Crippen molar-refractivity contribution in [3.63, 3.8) is 0 Å². The van der Waals surface area contributed by atoms with Crippen LogP contribution in [0.1, 0.15) is 19.0 Å². The Bertz CT molecular complexity index is 366. The molecule has 1 aliphatic rings. The van der Waals surface area contributed by atoms with Gasteiger partial charge < -0.3 is 10.6 Å². The maximum atomic E-state index is 5.70. The number of anilines is 1. The van der Waals surface area contributed by atoms with E-state index in [4.69, 9.17) is 5.73 Å². The summed E-state index contributed by atoms with van der Waals surface area (Å²) in [6, 6.07) is 6.54. The smallest absolute Gasteiger partial charge is 0.123 e. The summed E-state index contributed by atoms with van der Waals surface area (Å²) in [4.78, 5) is 9.28. The molecule has 2 heterocycles. The minimum Gasteiger partial charge on any atom is -0.384 e. The van der Waals surface area contributed by atoms with Crippen LogP contribution in [-0.4, -0.2) is 47.5 Å². The molecule has 94 valence electrons. The first-order chi connectivity index (χ1) is 8.19. The third-order valence-electron chi connectivity index (χ3n) is 3.55. The van der Waals surface area contributed by atoms with Crippen molar-refractivity contribution in [2.45, 2.75) is 25.9 Å². The molecule has 1 aromatic heterocycles. The molecular weight excluding hydrogens is 212 g/mol. The molecule has 1 unspecified atom stereocenters. The first-order valence-electron chi connectivity index (χ1n) is 6.33. The van der Waals surface area contributed by atoms with Gasteiger partial charge in [0.25, 0.3) is 0 Å². The summed E-state index contributed by atoms with van der Waals surface area (Å²) in [6.45, 7) is 6.55. The highest BCUT2D eigenvalue weighted by molar-refractivity contribution is 5.28. The van der Waals surface area contributed by atoms with Crippen molar-refractivity contribution < 1.29 is 0 Å². The van der Waals surface area contributed by atoms with Gasteiger partial charge in [-0.25, -0.2) is 4.98 Å². The highest BCUT2D eigenvalue weighted by Crippen LogP contribution is 2.13. The van der Waals surface area contributed by atoms with Crippen molar-refractivity contribution in [3.05, 3.63) is 23.9 Å². The quantitative estimate of drug-likeness (QED) is 0.853. The number of pyridine rings is 1. The minimum atomic E-state index is 0.615. The van der Waals surface area contributed by atoms with Crippen molar-refractivity contribution in [2.24, 2.45) is 0 Å². The van der Waals surface area contributed by atoms with Crippen LogP contribution in [0.3, 0.4) is 0 Å². The average Bonchev–Trinajstić information content (AvgIpc) is 2.32. The predicted octanol–water partition coefficient (Wildman–Crippen LogP) is 1.19. The molecule has 2 rings (SSSR count). The molecular formula is C13H22N4. The van der Waals surface area contributed by atoms with Crippen molar-refractivity contribution in [1.29, 1.82) is 0 Å². The van der Waals surface area contributed by atoms with Crippen LogP contribution < -0.4 is 5.73 Å². The van der Waals surface area contributed by atoms with Crippen LogP contribution in [0, 0.1) is 0 Å². The van der Waals surface area contributed by atoms with E-state index >= 15 is 0 Å². The van der Waals surface area contributed by atoms with Crippen LogP contribution >= 0.6 is 0 Å². The van der Waals surface area contributed by atoms with Gasteiger partial charge in [0.2, 0.25) is 0 Å². The molecule has 0 saturated carbocycles. The molecule has 4 nitrogen and oxygen atoms in total. The van der Waals surface area contributed by atoms with E-state index in [0.29, 0.717) is 11.9 Å². The highest BCUT2D eigenvalue weighted by atomic mass is 15.3. The number of nitrogens with zero attached hydrogens (tertiary/aromatic N) is 3. The van der Waals surface area contributed by atoms with Gasteiger partial charge in [-0.1, -0.05) is 13.0 Å². The molecule has 0 amide bonds. The molecule has 0 aliphatic carbocycles. The fourth-order valence-corrected chi connectivity index (χ4v) is 2.41. The lowest BCUT2D eigenvalue weighted by atomic mass is 10.1. The van der Waals surface area contributed by atoms with E-state index in [-0.39, 0.29) is 0 Å². The molecule has 1 atom stereocenters. The maximum Gasteiger partial charge on any atom is 0.123 e. The van der Waals surface area contributed by atoms with E-state index in [1.807, 2.05) is 12.1 Å². The van der Waals surface area contributed by atoms with E-state index < -0.39 is 0 Å². The van der Waals surface area contributed by atoms with E-state index in [9.17, 15) is 0 Å². The second kappa shape index (κ2) is 5.47. The summed E-state index contributed by atoms with van der Waals surface area (Å²) in [7, 11) is 2.21. The first kappa shape index (κ1) is 12.3. The Labute approximate surface area is 103 Å². The molecule has 0 aromatic carbocycles. The van der Waals surface area contributed by atoms with Crippen LogP contribution in [0.25, 0.3) is 0 Å². The monoisotopic (exact) mass is 234 g/mol. The molecule has 0 bridgehead atoms. The highest BCUT2D eigenvalue weighted by Gasteiger charge is 2.22. The van der Waals surface area contributed by atoms with Gasteiger partial charge in [0, 0.05) is 32.2 Å². The Balaban J connectivity index is 1.95. The van der Waals surface area contributed by atoms with Crippen LogP contribution in [0.5, 0.6) is 0 Å². The molecule has 2 N–H and O–H groups in total. The Hall–Kier alpha value is -1.13. The third kappa shape index (κ3) is 3.17. The van der Waals surface area contributed by atoms with Gasteiger partial charge in [-0.3, -0.25) is 4.90 Å². The van der Waals surface area contributed by atoms with Crippen LogP contribution in [-0.2, 0) is 6.54 Å². The minimum absolute atomic E-state index is 0.615. The van der Waals surface area contributed by atoms with E-state index in [1.54, 1.807) is 0 Å². The number of nitrogen functional groups attached to an aromatic ring is 1. The topological polar surface area (TPSA) is 45.4 Å². The molecule has 0 radical (unpaired) electrons. The molecule has 0 spiro atoms. The van der Waals surface area contributed by atoms with Gasteiger partial charge in [-0.15, -0.1) is 0 Å². The van der Waals surface area contributed by atoms with Gasteiger partial charge in [0.15, 0.2) is 0 Å². The summed E-state index contributed by atoms with van der Waals surface area (Å²) >= 11 is 0. The second-order valence-electron chi connectivity index (χ2n) is 4.83. The van der Waals surface area contributed by atoms with E-state index in [2.05, 4.69) is 34.8 Å². The summed E-state index contributed by atoms with van der Waals surface area (Å²) in [5.41, 5.74) is 6.77. The average molecular weight is 234 g/mol. The van der Waals surface area contributed by atoms with Crippen molar-refractivity contribution in [3.8, 4) is 0 Å². The number of hydrogen-bond donors (Lipinski definition) is 1. The van der Waals surface area contributed by atoms with Crippen molar-refractivity contribution in [2.75, 3.05) is 32.4 Å². The number of piperazine rings is 1. The molecule has 17 heavy (non-hydrogen) atoms. The first-order valence-corrected chi connectivity index (χ1v) is 6.33. The van der Waals surface area contributed by atoms with E-state index in [1.165, 1.54) is 6.42 Å². The summed E-state index contributed by atoms with van der Waals surface area (Å²) in [6.07, 6.45) is 1.21. The van der Waals surface area contributed by atoms with Gasteiger partial charge in [0.1, 0.15) is 5.82 Å². The lowest BCUT2D eigenvalue weighted by Crippen LogP contribution is -2.50. The summed E-state index contributed by atoms with van der Waals surface area (Å²) in [5, 5.41) is 0. The second-order valence-corrected chi connectivity index (χ2v) is 4.83. The third-order valence-corrected chi connectivity index (χ3v) is 3.55. The number of nitrogens with two attached hydrogens (primary N) is 1. The molecule has 1 saturated heterocycles. The lowest BCUT2D eigenvalue weighted by Gasteiger charge is -2.39. The fraction of sp³-hybridized carbons (Fsp3) is 0.615. The standard InChI is InChI=1S/C13H22N4/c1-3-12-10-17(8-7-16(12)2)9-11-5-4-6-13(14)15-11/h4-6,12H,3,7-10H2,1-2H3,(H2,14,15). The number of rotatable bonds is 3. The number of aromatic nitrogens is 1. The Morgan fingerprint density at radius 2 is 2.24 bits per heavy atom. The van der Waals surface area contributed by atoms with Crippen LogP contribution in [0.2, 0.25) is 0 Å². The summed E-state index contributed by atoms with van der Waals surface area (Å²) in [5.74, 6) is 0.615. The van der Waals surface area contributed by atoms with Gasteiger partial charge >= 0.3 is 0 Å². The number of likely N-dealkylation sites (N-methyl/N-ethyl adjacent to an activating group) is 1. The van der Waals surface area contributed by atoms with Crippen LogP contribution in [0.4, 0.5) is 5.82 Å². The zero-order chi connectivity index (χ0) is 12.3. The zero-order valence-electron chi connectivity index (χ0n) is 10.8. The molecule has 1 aliphatic heterocycles. The summed E-state index contributed by atoms with van der Waals surface area (Å²) < 4.78 is 0. The van der Waals surface area contributed by atoms with Gasteiger partial charge in [-0.2, -0.15) is 0 Å². The lowest BCUT2D eigenvalue weighted by molar-refractivity contribution is 0.0875. The normalized spacial score (nSPS) is 22.8. The van der Waals surface area contributed by atoms with Crippen molar-refractivity contribution in [1.82, 2.24) is 14.8 Å². The zero-order valence-corrected chi connectivity index (χ0v) is 10.8. The molecule has 1 fully saturated rings. The Kier molecular flexibility index (Phi) is 3.97. The van der Waals surface area contributed by atoms with Crippen molar-refractivity contribution >= 4 is 5.82 Å².